The number of rotatable bonds is 9. The molecule has 152 valence electrons. The van der Waals surface area contributed by atoms with Gasteiger partial charge in [-0.15, -0.1) is 0 Å². The molecule has 26 heavy (non-hydrogen) atoms. The van der Waals surface area contributed by atoms with Gasteiger partial charge in [0, 0.05) is 26.2 Å². The Morgan fingerprint density at radius 2 is 1.58 bits per heavy atom. The molecule has 8 heteroatoms. The quantitative estimate of drug-likeness (QED) is 0.560. The molecule has 0 bridgehead atoms. The fourth-order valence-corrected chi connectivity index (χ4v) is 4.19. The number of esters is 1. The van der Waals surface area contributed by atoms with E-state index in [1.165, 1.54) is 4.31 Å². The number of ether oxygens (including phenoxy) is 1. The highest BCUT2D eigenvalue weighted by Crippen LogP contribution is 2.21. The lowest BCUT2D eigenvalue weighted by atomic mass is 9.98. The number of carbonyl (C=O) groups excluding carboxylic acids is 2. The number of sulfonamides is 1. The molecule has 1 aliphatic rings. The monoisotopic (exact) mass is 390 g/mol. The molecule has 1 aliphatic heterocycles. The first-order valence-corrected chi connectivity index (χ1v) is 11.1. The van der Waals surface area contributed by atoms with Crippen LogP contribution in [0.4, 0.5) is 0 Å². The normalized spacial score (nSPS) is 16.9. The molecule has 0 radical (unpaired) electrons. The van der Waals surface area contributed by atoms with Gasteiger partial charge in [0.15, 0.2) is 6.61 Å². The lowest BCUT2D eigenvalue weighted by Crippen LogP contribution is -2.42. The average Bonchev–Trinajstić information content (AvgIpc) is 2.58. The number of hydrogen-bond acceptors (Lipinski definition) is 5. The summed E-state index contributed by atoms with van der Waals surface area (Å²) in [6.07, 6.45) is 0.877. The predicted octanol–water partition coefficient (Wildman–Crippen LogP) is 1.73. The fraction of sp³-hybridized carbons (Fsp3) is 0.889. The SMILES string of the molecule is CCS(=O)(=O)N1CCC(C(=O)OCC(=O)N(CC(C)C)CC(C)C)CC1. The maximum Gasteiger partial charge on any atom is 0.309 e. The van der Waals surface area contributed by atoms with Crippen molar-refractivity contribution in [3.8, 4) is 0 Å². The summed E-state index contributed by atoms with van der Waals surface area (Å²) in [4.78, 5) is 26.4. The molecule has 1 amide bonds. The number of hydrogen-bond donors (Lipinski definition) is 0. The largest absolute Gasteiger partial charge is 0.455 e. The van der Waals surface area contributed by atoms with Crippen molar-refractivity contribution >= 4 is 21.9 Å². The highest BCUT2D eigenvalue weighted by atomic mass is 32.2. The Hall–Kier alpha value is -1.15. The molecule has 0 N–H and O–H groups in total. The third-order valence-corrected chi connectivity index (χ3v) is 6.29. The van der Waals surface area contributed by atoms with Crippen LogP contribution >= 0.6 is 0 Å². The second-order valence-corrected chi connectivity index (χ2v) is 10.0. The smallest absolute Gasteiger partial charge is 0.309 e. The molecule has 0 unspecified atom stereocenters. The first-order valence-electron chi connectivity index (χ1n) is 9.49. The van der Waals surface area contributed by atoms with Gasteiger partial charge in [-0.3, -0.25) is 9.59 Å². The second-order valence-electron chi connectivity index (χ2n) is 7.77. The number of nitrogens with zero attached hydrogens (tertiary/aromatic N) is 2. The van der Waals surface area contributed by atoms with Crippen LogP contribution in [-0.2, 0) is 24.3 Å². The van der Waals surface area contributed by atoms with Gasteiger partial charge in [0.1, 0.15) is 0 Å². The lowest BCUT2D eigenvalue weighted by Gasteiger charge is -2.30. The van der Waals surface area contributed by atoms with Crippen molar-refractivity contribution in [1.82, 2.24) is 9.21 Å². The first kappa shape index (κ1) is 22.9. The lowest BCUT2D eigenvalue weighted by molar-refractivity contribution is -0.156. The zero-order chi connectivity index (χ0) is 19.9. The second kappa shape index (κ2) is 10.3. The molecule has 1 heterocycles. The summed E-state index contributed by atoms with van der Waals surface area (Å²) in [7, 11) is -3.21. The van der Waals surface area contributed by atoms with E-state index in [4.69, 9.17) is 4.74 Å². The van der Waals surface area contributed by atoms with Crippen molar-refractivity contribution in [1.29, 1.82) is 0 Å². The van der Waals surface area contributed by atoms with E-state index in [1.807, 2.05) is 27.7 Å². The molecular weight excluding hydrogens is 356 g/mol. The van der Waals surface area contributed by atoms with Gasteiger partial charge in [-0.2, -0.15) is 0 Å². The zero-order valence-electron chi connectivity index (χ0n) is 16.7. The van der Waals surface area contributed by atoms with Crippen molar-refractivity contribution in [2.24, 2.45) is 17.8 Å². The van der Waals surface area contributed by atoms with E-state index in [0.29, 0.717) is 50.9 Å². The van der Waals surface area contributed by atoms with Crippen molar-refractivity contribution in [3.05, 3.63) is 0 Å². The summed E-state index contributed by atoms with van der Waals surface area (Å²) in [6, 6.07) is 0. The van der Waals surface area contributed by atoms with Gasteiger partial charge in [0.25, 0.3) is 5.91 Å². The van der Waals surface area contributed by atoms with Gasteiger partial charge in [0.2, 0.25) is 10.0 Å². The molecule has 1 fully saturated rings. The molecule has 0 aromatic carbocycles. The number of amides is 1. The topological polar surface area (TPSA) is 84.0 Å². The third kappa shape index (κ3) is 7.23. The summed E-state index contributed by atoms with van der Waals surface area (Å²) >= 11 is 0. The van der Waals surface area contributed by atoms with Crippen LogP contribution in [0.15, 0.2) is 0 Å². The van der Waals surface area contributed by atoms with Gasteiger partial charge >= 0.3 is 5.97 Å². The molecule has 0 spiro atoms. The zero-order valence-corrected chi connectivity index (χ0v) is 17.5. The molecule has 1 saturated heterocycles. The molecular formula is C18H34N2O5S. The highest BCUT2D eigenvalue weighted by molar-refractivity contribution is 7.89. The van der Waals surface area contributed by atoms with Crippen LogP contribution in [0.1, 0.15) is 47.5 Å². The summed E-state index contributed by atoms with van der Waals surface area (Å²) < 4.78 is 30.4. The molecule has 7 nitrogen and oxygen atoms in total. The summed E-state index contributed by atoms with van der Waals surface area (Å²) in [6.45, 7) is 11.5. The Morgan fingerprint density at radius 1 is 1.08 bits per heavy atom. The maximum absolute atomic E-state index is 12.4. The molecule has 0 saturated carbocycles. The minimum atomic E-state index is -3.21. The van der Waals surface area contributed by atoms with Gasteiger partial charge in [-0.1, -0.05) is 27.7 Å². The van der Waals surface area contributed by atoms with Crippen LogP contribution in [0.2, 0.25) is 0 Å². The van der Waals surface area contributed by atoms with Crippen molar-refractivity contribution in [2.45, 2.75) is 47.5 Å². The minimum absolute atomic E-state index is 0.0676. The predicted molar refractivity (Wildman–Crippen MR) is 101 cm³/mol. The van der Waals surface area contributed by atoms with Gasteiger partial charge < -0.3 is 9.64 Å². The Kier molecular flexibility index (Phi) is 9.03. The van der Waals surface area contributed by atoms with Crippen LogP contribution in [0.3, 0.4) is 0 Å². The molecule has 0 atom stereocenters. The van der Waals surface area contributed by atoms with Crippen LogP contribution in [0.5, 0.6) is 0 Å². The van der Waals surface area contributed by atoms with E-state index in [0.717, 1.165) is 0 Å². The Morgan fingerprint density at radius 3 is 2.00 bits per heavy atom. The fourth-order valence-electron chi connectivity index (χ4n) is 3.05. The Bertz CT molecular complexity index is 556. The van der Waals surface area contributed by atoms with Crippen molar-refractivity contribution in [3.63, 3.8) is 0 Å². The van der Waals surface area contributed by atoms with Gasteiger partial charge in [0.05, 0.1) is 11.7 Å². The highest BCUT2D eigenvalue weighted by Gasteiger charge is 2.31. The molecule has 0 aromatic heterocycles. The molecule has 1 rings (SSSR count). The minimum Gasteiger partial charge on any atom is -0.455 e. The first-order chi connectivity index (χ1) is 12.1. The third-order valence-electron chi connectivity index (χ3n) is 4.41. The Labute approximate surface area is 158 Å². The standard InChI is InChI=1S/C18H34N2O5S/c1-6-26(23,24)20-9-7-16(8-10-20)18(22)25-13-17(21)19(11-14(2)3)12-15(4)5/h14-16H,6-13H2,1-5H3. The summed E-state index contributed by atoms with van der Waals surface area (Å²) in [5, 5.41) is 0. The number of carbonyl (C=O) groups is 2. The van der Waals surface area contributed by atoms with Crippen molar-refractivity contribution in [2.75, 3.05) is 38.5 Å². The van der Waals surface area contributed by atoms with E-state index in [2.05, 4.69) is 0 Å². The summed E-state index contributed by atoms with van der Waals surface area (Å²) in [5.41, 5.74) is 0. The van der Waals surface area contributed by atoms with Crippen LogP contribution in [0.25, 0.3) is 0 Å². The van der Waals surface area contributed by atoms with Crippen LogP contribution in [-0.4, -0.2) is 68.0 Å². The molecule has 0 aromatic rings. The van der Waals surface area contributed by atoms with E-state index in [-0.39, 0.29) is 24.2 Å². The molecule has 0 aliphatic carbocycles. The van der Waals surface area contributed by atoms with Crippen LogP contribution in [0, 0.1) is 17.8 Å². The number of piperidine rings is 1. The van der Waals surface area contributed by atoms with Crippen molar-refractivity contribution < 1.29 is 22.7 Å². The summed E-state index contributed by atoms with van der Waals surface area (Å²) in [5.74, 6) is -0.156. The van der Waals surface area contributed by atoms with Crippen LogP contribution < -0.4 is 0 Å². The van der Waals surface area contributed by atoms with E-state index >= 15 is 0 Å². The maximum atomic E-state index is 12.4. The average molecular weight is 391 g/mol. The van der Waals surface area contributed by atoms with Gasteiger partial charge in [-0.25, -0.2) is 12.7 Å². The van der Waals surface area contributed by atoms with E-state index < -0.39 is 16.0 Å². The Balaban J connectivity index is 2.49. The van der Waals surface area contributed by atoms with E-state index in [1.54, 1.807) is 11.8 Å². The van der Waals surface area contributed by atoms with E-state index in [9.17, 15) is 18.0 Å². The van der Waals surface area contributed by atoms with Gasteiger partial charge in [-0.05, 0) is 31.6 Å².